The third-order valence-electron chi connectivity index (χ3n) is 8.08. The fraction of sp³-hybridized carbons (Fsp3) is 0.533. The second-order valence-electron chi connectivity index (χ2n) is 11.6. The van der Waals surface area contributed by atoms with Crippen LogP contribution in [0.5, 0.6) is 0 Å². The molecule has 0 fully saturated rings. The largest absolute Gasteiger partial charge is 0.461 e. The molecule has 0 amide bonds. The van der Waals surface area contributed by atoms with Crippen molar-refractivity contribution in [1.82, 2.24) is 14.3 Å². The number of carbonyl (C=O) groups excluding carboxylic acids is 1. The van der Waals surface area contributed by atoms with Gasteiger partial charge in [0.15, 0.2) is 8.32 Å². The van der Waals surface area contributed by atoms with E-state index in [0.29, 0.717) is 38.7 Å². The molecule has 1 aromatic carbocycles. The van der Waals surface area contributed by atoms with Crippen LogP contribution < -0.4 is 0 Å². The molecule has 0 saturated carbocycles. The highest BCUT2D eigenvalue weighted by Crippen LogP contribution is 2.39. The van der Waals surface area contributed by atoms with Gasteiger partial charge in [-0.25, -0.2) is 4.79 Å². The van der Waals surface area contributed by atoms with E-state index >= 15 is 0 Å². The van der Waals surface area contributed by atoms with Crippen LogP contribution in [0, 0.1) is 6.92 Å². The lowest BCUT2D eigenvalue weighted by atomic mass is 9.98. The molecule has 0 spiro atoms. The number of hydrogen-bond donors (Lipinski definition) is 0. The quantitative estimate of drug-likeness (QED) is 0.148. The number of aryl methyl sites for hydroxylation is 2. The number of carbonyl (C=O) groups is 1. The fourth-order valence-corrected chi connectivity index (χ4v) is 6.03. The average Bonchev–Trinajstić information content (AvgIpc) is 3.30. The summed E-state index contributed by atoms with van der Waals surface area (Å²) in [4.78, 5) is 13.5. The van der Waals surface area contributed by atoms with Gasteiger partial charge in [-0.2, -0.15) is 5.10 Å². The summed E-state index contributed by atoms with van der Waals surface area (Å²) in [7, 11) is 0.118. The second kappa shape index (κ2) is 11.2. The van der Waals surface area contributed by atoms with Crippen LogP contribution in [0.2, 0.25) is 18.1 Å². The molecule has 0 unspecified atom stereocenters. The number of ether oxygens (including phenoxy) is 2. The van der Waals surface area contributed by atoms with Crippen molar-refractivity contribution in [1.29, 1.82) is 0 Å². The van der Waals surface area contributed by atoms with Crippen LogP contribution in [-0.4, -0.2) is 48.5 Å². The Morgan fingerprint density at radius 1 is 1.21 bits per heavy atom. The molecule has 4 rings (SSSR count). The first kappa shape index (κ1) is 28.3. The number of nitrogens with zero attached hydrogens (tertiary/aromatic N) is 3. The summed E-state index contributed by atoms with van der Waals surface area (Å²) in [5, 5.41) is 6.01. The first-order valence-corrected chi connectivity index (χ1v) is 16.6. The van der Waals surface area contributed by atoms with Gasteiger partial charge < -0.3 is 18.5 Å². The van der Waals surface area contributed by atoms with E-state index in [0.717, 1.165) is 51.8 Å². The number of esters is 1. The third-order valence-corrected chi connectivity index (χ3v) is 12.6. The van der Waals surface area contributed by atoms with Crippen molar-refractivity contribution in [2.75, 3.05) is 19.8 Å². The zero-order valence-corrected chi connectivity index (χ0v) is 25.3. The van der Waals surface area contributed by atoms with E-state index in [1.165, 1.54) is 0 Å². The predicted octanol–water partition coefficient (Wildman–Crippen LogP) is 6.57. The first-order chi connectivity index (χ1) is 18.0. The lowest BCUT2D eigenvalue weighted by molar-refractivity contribution is 0.0513. The van der Waals surface area contributed by atoms with Gasteiger partial charge in [-0.05, 0) is 50.4 Å². The molecule has 0 bridgehead atoms. The molecule has 0 radical (unpaired) electrons. The maximum Gasteiger partial charge on any atom is 0.355 e. The molecule has 3 heterocycles. The van der Waals surface area contributed by atoms with E-state index in [1.807, 2.05) is 24.7 Å². The number of allylic oxidation sites excluding steroid dienone is 1. The molecule has 0 atom stereocenters. The van der Waals surface area contributed by atoms with E-state index in [9.17, 15) is 4.79 Å². The number of para-hydroxylation sites is 1. The van der Waals surface area contributed by atoms with Gasteiger partial charge in [0.2, 0.25) is 0 Å². The standard InChI is InChI=1S/C30H43N3O4Si/c1-9-36-29(34)28-23(16-13-19-37-38(7,8)30(3,4)5)22-14-12-15-24-26-21(2)32(6)31-25(26)20-35-18-11-10-17-33(28)27(22)24/h10-12,14-15H,9,13,16-20H2,1-8H3/b11-10-. The lowest BCUT2D eigenvalue weighted by Gasteiger charge is -2.36. The fourth-order valence-electron chi connectivity index (χ4n) is 4.94. The molecule has 3 aromatic rings. The molecule has 38 heavy (non-hydrogen) atoms. The molecular weight excluding hydrogens is 494 g/mol. The summed E-state index contributed by atoms with van der Waals surface area (Å²) >= 11 is 0. The molecule has 1 aliphatic rings. The third kappa shape index (κ3) is 5.39. The van der Waals surface area contributed by atoms with Crippen molar-refractivity contribution < 1.29 is 18.7 Å². The number of rotatable bonds is 7. The summed E-state index contributed by atoms with van der Waals surface area (Å²) in [6, 6.07) is 6.35. The summed E-state index contributed by atoms with van der Waals surface area (Å²) in [5.74, 6) is -0.280. The van der Waals surface area contributed by atoms with Crippen molar-refractivity contribution in [3.05, 3.63) is 53.0 Å². The maximum atomic E-state index is 13.5. The molecule has 2 aromatic heterocycles. The molecule has 8 heteroatoms. The SMILES string of the molecule is CCOC(=O)c1c(CCCO[Si](C)(C)C(C)(C)C)c2cccc3c2n1C/C=C\COCc1nn(C)c(C)c1-3. The van der Waals surface area contributed by atoms with Crippen LogP contribution in [0.25, 0.3) is 22.0 Å². The Kier molecular flexibility index (Phi) is 8.35. The highest BCUT2D eigenvalue weighted by molar-refractivity contribution is 6.74. The molecule has 1 aliphatic heterocycles. The highest BCUT2D eigenvalue weighted by atomic mass is 28.4. The zero-order valence-electron chi connectivity index (χ0n) is 24.3. The topological polar surface area (TPSA) is 67.5 Å². The Bertz CT molecular complexity index is 1340. The molecular formula is C30H43N3O4Si. The predicted molar refractivity (Wildman–Crippen MR) is 155 cm³/mol. The van der Waals surface area contributed by atoms with Gasteiger partial charge in [-0.15, -0.1) is 0 Å². The van der Waals surface area contributed by atoms with Crippen LogP contribution in [0.4, 0.5) is 0 Å². The Balaban J connectivity index is 1.86. The molecule has 0 saturated heterocycles. The van der Waals surface area contributed by atoms with Crippen molar-refractivity contribution in [3.8, 4) is 11.1 Å². The zero-order chi connectivity index (χ0) is 27.7. The number of hydrogen-bond acceptors (Lipinski definition) is 5. The minimum Gasteiger partial charge on any atom is -0.461 e. The Morgan fingerprint density at radius 3 is 2.68 bits per heavy atom. The second-order valence-corrected chi connectivity index (χ2v) is 16.4. The number of benzene rings is 1. The number of fused-ring (bicyclic) bond motifs is 2. The van der Waals surface area contributed by atoms with E-state index in [1.54, 1.807) is 0 Å². The Labute approximate surface area is 227 Å². The van der Waals surface area contributed by atoms with Crippen molar-refractivity contribution in [3.63, 3.8) is 0 Å². The summed E-state index contributed by atoms with van der Waals surface area (Å²) in [6.45, 7) is 17.8. The maximum absolute atomic E-state index is 13.5. The van der Waals surface area contributed by atoms with Gasteiger partial charge >= 0.3 is 5.97 Å². The van der Waals surface area contributed by atoms with Crippen LogP contribution in [-0.2, 0) is 40.5 Å². The summed E-state index contributed by atoms with van der Waals surface area (Å²) in [6.07, 6.45) is 5.65. The van der Waals surface area contributed by atoms with Crippen LogP contribution >= 0.6 is 0 Å². The minimum atomic E-state index is -1.85. The van der Waals surface area contributed by atoms with Gasteiger partial charge in [0.25, 0.3) is 0 Å². The Hall–Kier alpha value is -2.68. The first-order valence-electron chi connectivity index (χ1n) is 13.7. The lowest BCUT2D eigenvalue weighted by Crippen LogP contribution is -2.41. The smallest absolute Gasteiger partial charge is 0.355 e. The normalized spacial score (nSPS) is 15.3. The van der Waals surface area contributed by atoms with Gasteiger partial charge in [-0.3, -0.25) is 4.68 Å². The van der Waals surface area contributed by atoms with E-state index in [2.05, 4.69) is 69.6 Å². The number of aromatic nitrogens is 3. The minimum absolute atomic E-state index is 0.161. The van der Waals surface area contributed by atoms with E-state index in [4.69, 9.17) is 19.0 Å². The molecule has 0 aliphatic carbocycles. The van der Waals surface area contributed by atoms with Gasteiger partial charge in [0, 0.05) is 42.4 Å². The van der Waals surface area contributed by atoms with Crippen LogP contribution in [0.15, 0.2) is 30.4 Å². The van der Waals surface area contributed by atoms with Crippen LogP contribution in [0.1, 0.15) is 61.6 Å². The molecule has 206 valence electrons. The summed E-state index contributed by atoms with van der Waals surface area (Å²) in [5.41, 5.74) is 6.82. The summed E-state index contributed by atoms with van der Waals surface area (Å²) < 4.78 is 22.0. The monoisotopic (exact) mass is 537 g/mol. The van der Waals surface area contributed by atoms with Crippen molar-refractivity contribution >= 4 is 25.2 Å². The van der Waals surface area contributed by atoms with E-state index in [-0.39, 0.29) is 11.0 Å². The highest BCUT2D eigenvalue weighted by Gasteiger charge is 2.37. The molecule has 7 nitrogen and oxygen atoms in total. The van der Waals surface area contributed by atoms with Gasteiger partial charge in [-0.1, -0.05) is 51.1 Å². The molecule has 0 N–H and O–H groups in total. The van der Waals surface area contributed by atoms with Gasteiger partial charge in [0.1, 0.15) is 5.69 Å². The van der Waals surface area contributed by atoms with E-state index < -0.39 is 8.32 Å². The van der Waals surface area contributed by atoms with Crippen molar-refractivity contribution in [2.24, 2.45) is 7.05 Å². The van der Waals surface area contributed by atoms with Gasteiger partial charge in [0.05, 0.1) is 31.0 Å². The van der Waals surface area contributed by atoms with Crippen LogP contribution in [0.3, 0.4) is 0 Å². The average molecular weight is 538 g/mol. The van der Waals surface area contributed by atoms with Crippen molar-refractivity contribution in [2.45, 2.75) is 78.7 Å². The Morgan fingerprint density at radius 2 is 1.97 bits per heavy atom.